The zero-order valence-electron chi connectivity index (χ0n) is 18.7. The maximum absolute atomic E-state index is 15.0. The van der Waals surface area contributed by atoms with Crippen LogP contribution in [0.4, 0.5) is 8.78 Å². The quantitative estimate of drug-likeness (QED) is 0.539. The van der Waals surface area contributed by atoms with E-state index < -0.39 is 34.4 Å². The largest absolute Gasteiger partial charge is 0.466 e. The van der Waals surface area contributed by atoms with Gasteiger partial charge in [0.2, 0.25) is 0 Å². The van der Waals surface area contributed by atoms with Crippen molar-refractivity contribution in [3.8, 4) is 0 Å². The molecule has 2 aromatic carbocycles. The molecule has 7 nitrogen and oxygen atoms in total. The number of carbonyl (C=O) groups is 2. The zero-order chi connectivity index (χ0) is 25.3. The van der Waals surface area contributed by atoms with E-state index >= 15 is 4.39 Å². The van der Waals surface area contributed by atoms with E-state index in [0.29, 0.717) is 11.3 Å². The van der Waals surface area contributed by atoms with Crippen LogP contribution in [-0.4, -0.2) is 30.2 Å². The topological polar surface area (TPSA) is 101 Å². The van der Waals surface area contributed by atoms with E-state index in [1.165, 1.54) is 48.5 Å². The van der Waals surface area contributed by atoms with Crippen molar-refractivity contribution in [3.05, 3.63) is 96.4 Å². The third-order valence-corrected chi connectivity index (χ3v) is 6.38. The fourth-order valence-corrected chi connectivity index (χ4v) is 4.97. The number of aromatic nitrogens is 1. The van der Waals surface area contributed by atoms with E-state index in [-0.39, 0.29) is 44.6 Å². The van der Waals surface area contributed by atoms with Gasteiger partial charge in [0.15, 0.2) is 0 Å². The molecule has 0 radical (unpaired) electrons. The lowest BCUT2D eigenvalue weighted by Gasteiger charge is -2.27. The van der Waals surface area contributed by atoms with Gasteiger partial charge >= 0.3 is 16.8 Å². The Bertz CT molecular complexity index is 1550. The molecule has 0 saturated heterocycles. The highest BCUT2D eigenvalue weighted by molar-refractivity contribution is 7.07. The minimum Gasteiger partial charge on any atom is -0.466 e. The summed E-state index contributed by atoms with van der Waals surface area (Å²) in [5.41, 5.74) is 5.93. The maximum atomic E-state index is 15.0. The van der Waals surface area contributed by atoms with Crippen LogP contribution in [0.15, 0.2) is 58.9 Å². The summed E-state index contributed by atoms with van der Waals surface area (Å²) in [5, 5.41) is 0.000101. The highest BCUT2D eigenvalue weighted by Gasteiger charge is 2.40. The fraction of sp³-hybridized carbons (Fsp3) is 0.160. The normalized spacial score (nSPS) is 15.7. The van der Waals surface area contributed by atoms with Gasteiger partial charge in [-0.15, -0.1) is 0 Å². The van der Waals surface area contributed by atoms with Crippen molar-refractivity contribution in [3.63, 3.8) is 0 Å². The van der Waals surface area contributed by atoms with Gasteiger partial charge in [-0.1, -0.05) is 47.7 Å². The monoisotopic (exact) mass is 498 g/mol. The van der Waals surface area contributed by atoms with E-state index in [1.54, 1.807) is 13.0 Å². The number of esters is 2. The first-order valence-corrected chi connectivity index (χ1v) is 11.3. The predicted molar refractivity (Wildman–Crippen MR) is 126 cm³/mol. The second kappa shape index (κ2) is 9.67. The molecule has 2 N–H and O–H groups in total. The average Bonchev–Trinajstić information content (AvgIpc) is 3.16. The summed E-state index contributed by atoms with van der Waals surface area (Å²) in [4.78, 5) is 38.5. The molecule has 0 spiro atoms. The van der Waals surface area contributed by atoms with Crippen LogP contribution in [0, 0.1) is 11.6 Å². The molecule has 2 heterocycles. The van der Waals surface area contributed by atoms with Gasteiger partial charge in [0, 0.05) is 11.1 Å². The van der Waals surface area contributed by atoms with E-state index in [2.05, 4.69) is 0 Å². The fourth-order valence-electron chi connectivity index (χ4n) is 4.02. The Morgan fingerprint density at radius 3 is 2.34 bits per heavy atom. The summed E-state index contributed by atoms with van der Waals surface area (Å²) in [7, 11) is 1.11. The number of nitrogens with two attached hydrogens (primary N) is 1. The number of benzene rings is 2. The lowest BCUT2D eigenvalue weighted by molar-refractivity contribution is -0.136. The first-order chi connectivity index (χ1) is 16.8. The number of rotatable bonds is 5. The number of thiazole rings is 1. The lowest BCUT2D eigenvalue weighted by atomic mass is 9.82. The average molecular weight is 499 g/mol. The summed E-state index contributed by atoms with van der Waals surface area (Å²) in [5.74, 6) is -4.75. The Morgan fingerprint density at radius 2 is 1.71 bits per heavy atom. The molecule has 3 aromatic rings. The van der Waals surface area contributed by atoms with Gasteiger partial charge in [-0.3, -0.25) is 9.36 Å². The minimum absolute atomic E-state index is 0.000101. The Balaban J connectivity index is 2.23. The molecule has 1 atom stereocenters. The Labute approximate surface area is 202 Å². The zero-order valence-corrected chi connectivity index (χ0v) is 19.5. The van der Waals surface area contributed by atoms with Crippen LogP contribution in [0.2, 0.25) is 0 Å². The number of carbonyl (C=O) groups excluding carboxylic acids is 2. The van der Waals surface area contributed by atoms with Crippen molar-refractivity contribution in [1.29, 1.82) is 0 Å². The molecule has 10 heteroatoms. The molecule has 1 aliphatic rings. The summed E-state index contributed by atoms with van der Waals surface area (Å²) >= 11 is 0.696. The van der Waals surface area contributed by atoms with Crippen molar-refractivity contribution in [2.45, 2.75) is 12.8 Å². The highest BCUT2D eigenvalue weighted by Crippen LogP contribution is 2.38. The van der Waals surface area contributed by atoms with Gasteiger partial charge in [-0.25, -0.2) is 18.4 Å². The van der Waals surface area contributed by atoms with Crippen LogP contribution in [0.25, 0.3) is 17.5 Å². The Morgan fingerprint density at radius 1 is 1.06 bits per heavy atom. The SMILES string of the molecule is CCOC(=O)C1=c2c(=Cc3ccccc3F)sc(=O)n2C(N)=C(C(=O)OC)C1c1ccccc1F. The third-order valence-electron chi connectivity index (χ3n) is 5.49. The summed E-state index contributed by atoms with van der Waals surface area (Å²) < 4.78 is 40.8. The molecular weight excluding hydrogens is 478 g/mol. The van der Waals surface area contributed by atoms with Crippen LogP contribution in [0.5, 0.6) is 0 Å². The predicted octanol–water partition coefficient (Wildman–Crippen LogP) is 1.83. The second-order valence-corrected chi connectivity index (χ2v) is 8.45. The van der Waals surface area contributed by atoms with Crippen molar-refractivity contribution < 1.29 is 27.8 Å². The van der Waals surface area contributed by atoms with Gasteiger partial charge in [0.05, 0.1) is 40.7 Å². The minimum atomic E-state index is -1.34. The number of nitrogens with zero attached hydrogens (tertiary/aromatic N) is 1. The van der Waals surface area contributed by atoms with Gasteiger partial charge < -0.3 is 15.2 Å². The van der Waals surface area contributed by atoms with Crippen LogP contribution in [0.1, 0.15) is 24.0 Å². The number of halogens is 2. The van der Waals surface area contributed by atoms with Gasteiger partial charge in [0.1, 0.15) is 17.5 Å². The molecule has 0 bridgehead atoms. The Kier molecular flexibility index (Phi) is 6.65. The number of hydrogen-bond donors (Lipinski definition) is 1. The molecule has 180 valence electrons. The number of fused-ring (bicyclic) bond motifs is 1. The number of ether oxygens (including phenoxy) is 2. The van der Waals surface area contributed by atoms with Crippen LogP contribution in [0.3, 0.4) is 0 Å². The molecule has 1 aliphatic heterocycles. The van der Waals surface area contributed by atoms with Crippen LogP contribution >= 0.6 is 11.3 Å². The molecule has 1 unspecified atom stereocenters. The van der Waals surface area contributed by atoms with Gasteiger partial charge in [0.25, 0.3) is 0 Å². The van der Waals surface area contributed by atoms with Gasteiger partial charge in [-0.05, 0) is 25.1 Å². The smallest absolute Gasteiger partial charge is 0.338 e. The number of hydrogen-bond acceptors (Lipinski definition) is 7. The van der Waals surface area contributed by atoms with Gasteiger partial charge in [-0.2, -0.15) is 0 Å². The summed E-state index contributed by atoms with van der Waals surface area (Å²) in [6, 6.07) is 11.4. The molecule has 0 fully saturated rings. The van der Waals surface area contributed by atoms with Crippen molar-refractivity contribution in [1.82, 2.24) is 4.57 Å². The molecule has 4 rings (SSSR count). The molecule has 0 saturated carbocycles. The first kappa shape index (κ1) is 24.1. The Hall–Kier alpha value is -4.05. The summed E-state index contributed by atoms with van der Waals surface area (Å²) in [6.07, 6.45) is 1.39. The van der Waals surface area contributed by atoms with Crippen LogP contribution in [-0.2, 0) is 19.1 Å². The van der Waals surface area contributed by atoms with E-state index in [9.17, 15) is 18.8 Å². The lowest BCUT2D eigenvalue weighted by Crippen LogP contribution is -2.45. The van der Waals surface area contributed by atoms with E-state index in [1.807, 2.05) is 0 Å². The van der Waals surface area contributed by atoms with E-state index in [4.69, 9.17) is 15.2 Å². The summed E-state index contributed by atoms with van der Waals surface area (Å²) in [6.45, 7) is 1.55. The highest BCUT2D eigenvalue weighted by atomic mass is 32.1. The first-order valence-electron chi connectivity index (χ1n) is 10.5. The maximum Gasteiger partial charge on any atom is 0.338 e. The second-order valence-electron chi connectivity index (χ2n) is 7.46. The van der Waals surface area contributed by atoms with Crippen molar-refractivity contribution in [2.75, 3.05) is 13.7 Å². The molecule has 1 aromatic heterocycles. The molecular formula is C25H20F2N2O5S. The van der Waals surface area contributed by atoms with E-state index in [0.717, 1.165) is 11.7 Å². The standard InChI is InChI=1S/C25H20F2N2O5S/c1-3-34-24(31)19-18(14-9-5-7-11-16(14)27)20(23(30)33-2)22(28)29-21(19)17(35-25(29)32)12-13-8-4-6-10-15(13)26/h4-12,18H,3,28H2,1-2H3. The van der Waals surface area contributed by atoms with Crippen molar-refractivity contribution in [2.24, 2.45) is 5.73 Å². The van der Waals surface area contributed by atoms with Crippen molar-refractivity contribution >= 4 is 40.7 Å². The molecule has 0 amide bonds. The number of methoxy groups -OCH3 is 1. The van der Waals surface area contributed by atoms with Crippen LogP contribution < -0.4 is 20.5 Å². The molecule has 0 aliphatic carbocycles. The molecule has 35 heavy (non-hydrogen) atoms. The third kappa shape index (κ3) is 4.17.